The lowest BCUT2D eigenvalue weighted by molar-refractivity contribution is -0.139. The summed E-state index contributed by atoms with van der Waals surface area (Å²) in [5.41, 5.74) is 0.407. The minimum atomic E-state index is -3.75. The number of hydrogen-bond donors (Lipinski definition) is 2. The lowest BCUT2D eigenvalue weighted by atomic mass is 10.3. The predicted molar refractivity (Wildman–Crippen MR) is 88.0 cm³/mol. The largest absolute Gasteiger partial charge is 0.494 e. The van der Waals surface area contributed by atoms with Crippen LogP contribution in [0.4, 0.5) is 5.69 Å². The van der Waals surface area contributed by atoms with Gasteiger partial charge in [-0.3, -0.25) is 4.72 Å². The molecule has 0 saturated carbocycles. The summed E-state index contributed by atoms with van der Waals surface area (Å²) < 4.78 is 37.3. The topological polar surface area (TPSA) is 102 Å². The van der Waals surface area contributed by atoms with E-state index < -0.39 is 22.6 Å². The number of carbonyl (C=O) groups is 1. The van der Waals surface area contributed by atoms with Crippen LogP contribution in [0.15, 0.2) is 53.4 Å². The molecule has 24 heavy (non-hydrogen) atoms. The number of rotatable bonds is 8. The summed E-state index contributed by atoms with van der Waals surface area (Å²) in [4.78, 5) is 10.5. The summed E-state index contributed by atoms with van der Waals surface area (Å²) >= 11 is 0. The molecule has 0 spiro atoms. The number of sulfonamides is 1. The maximum absolute atomic E-state index is 12.3. The van der Waals surface area contributed by atoms with E-state index in [0.717, 1.165) is 0 Å². The van der Waals surface area contributed by atoms with Crippen LogP contribution >= 0.6 is 0 Å². The molecule has 8 heteroatoms. The molecular weight excluding hydrogens is 334 g/mol. The number of ether oxygens (including phenoxy) is 2. The van der Waals surface area contributed by atoms with E-state index in [4.69, 9.17) is 14.6 Å². The minimum absolute atomic E-state index is 0.0408. The van der Waals surface area contributed by atoms with E-state index in [2.05, 4.69) is 4.72 Å². The molecule has 0 unspecified atom stereocenters. The SMILES string of the molecule is CCOc1ccc(NS(=O)(=O)c2ccc(OCC(=O)O)cc2)cc1. The molecule has 0 aliphatic rings. The monoisotopic (exact) mass is 351 g/mol. The van der Waals surface area contributed by atoms with E-state index >= 15 is 0 Å². The standard InChI is InChI=1S/C16H17NO6S/c1-2-22-13-5-3-12(4-6-13)17-24(20,21)15-9-7-14(8-10-15)23-11-16(18)19/h3-10,17H,2,11H2,1H3,(H,18,19). The number of carboxylic acid groups (broad SMARTS) is 1. The molecule has 2 aromatic carbocycles. The zero-order valence-corrected chi connectivity index (χ0v) is 13.7. The van der Waals surface area contributed by atoms with Crippen molar-refractivity contribution >= 4 is 21.7 Å². The Hall–Kier alpha value is -2.74. The molecular formula is C16H17NO6S. The van der Waals surface area contributed by atoms with Gasteiger partial charge >= 0.3 is 5.97 Å². The van der Waals surface area contributed by atoms with Crippen molar-refractivity contribution in [3.05, 3.63) is 48.5 Å². The van der Waals surface area contributed by atoms with Crippen LogP contribution in [0.1, 0.15) is 6.92 Å². The molecule has 0 fully saturated rings. The molecule has 0 heterocycles. The van der Waals surface area contributed by atoms with Gasteiger partial charge in [-0.2, -0.15) is 0 Å². The molecule has 2 rings (SSSR count). The Morgan fingerprint density at radius 3 is 2.08 bits per heavy atom. The zero-order valence-electron chi connectivity index (χ0n) is 12.9. The van der Waals surface area contributed by atoms with Gasteiger partial charge in [0, 0.05) is 5.69 Å². The van der Waals surface area contributed by atoms with Crippen LogP contribution < -0.4 is 14.2 Å². The first-order chi connectivity index (χ1) is 11.4. The van der Waals surface area contributed by atoms with E-state index in [1.165, 1.54) is 24.3 Å². The van der Waals surface area contributed by atoms with Gasteiger partial charge in [0.15, 0.2) is 6.61 Å². The fourth-order valence-electron chi connectivity index (χ4n) is 1.86. The number of aliphatic carboxylic acids is 1. The number of carboxylic acids is 1. The van der Waals surface area contributed by atoms with Gasteiger partial charge in [-0.25, -0.2) is 13.2 Å². The minimum Gasteiger partial charge on any atom is -0.494 e. The highest BCUT2D eigenvalue weighted by molar-refractivity contribution is 7.92. The molecule has 0 atom stereocenters. The van der Waals surface area contributed by atoms with Gasteiger partial charge in [0.05, 0.1) is 11.5 Å². The molecule has 0 aliphatic heterocycles. The van der Waals surface area contributed by atoms with Crippen LogP contribution in [0.3, 0.4) is 0 Å². The van der Waals surface area contributed by atoms with Gasteiger partial charge in [0.2, 0.25) is 0 Å². The Kier molecular flexibility index (Phi) is 5.64. The summed E-state index contributed by atoms with van der Waals surface area (Å²) in [7, 11) is -3.75. The molecule has 128 valence electrons. The highest BCUT2D eigenvalue weighted by atomic mass is 32.2. The quantitative estimate of drug-likeness (QED) is 0.757. The van der Waals surface area contributed by atoms with Crippen LogP contribution in [-0.4, -0.2) is 32.7 Å². The van der Waals surface area contributed by atoms with E-state index in [1.54, 1.807) is 24.3 Å². The Labute approximate surface area is 139 Å². The second-order valence-corrected chi connectivity index (χ2v) is 6.40. The van der Waals surface area contributed by atoms with Crippen LogP contribution in [0.5, 0.6) is 11.5 Å². The van der Waals surface area contributed by atoms with Crippen LogP contribution in [-0.2, 0) is 14.8 Å². The molecule has 2 N–H and O–H groups in total. The number of hydrogen-bond acceptors (Lipinski definition) is 5. The highest BCUT2D eigenvalue weighted by Crippen LogP contribution is 2.21. The van der Waals surface area contributed by atoms with Crippen LogP contribution in [0, 0.1) is 0 Å². The average Bonchev–Trinajstić information content (AvgIpc) is 2.55. The second-order valence-electron chi connectivity index (χ2n) is 4.72. The number of anilines is 1. The Bertz CT molecular complexity index is 784. The second kappa shape index (κ2) is 7.69. The molecule has 0 aromatic heterocycles. The Morgan fingerprint density at radius 2 is 1.54 bits per heavy atom. The van der Waals surface area contributed by atoms with E-state index in [0.29, 0.717) is 18.0 Å². The maximum Gasteiger partial charge on any atom is 0.341 e. The van der Waals surface area contributed by atoms with Gasteiger partial charge in [-0.1, -0.05) is 0 Å². The summed E-state index contributed by atoms with van der Waals surface area (Å²) in [6.07, 6.45) is 0. The van der Waals surface area contributed by atoms with Gasteiger partial charge in [-0.05, 0) is 55.5 Å². The van der Waals surface area contributed by atoms with Gasteiger partial charge in [0.1, 0.15) is 11.5 Å². The van der Waals surface area contributed by atoms with Gasteiger partial charge in [0.25, 0.3) is 10.0 Å². The molecule has 2 aromatic rings. The summed E-state index contributed by atoms with van der Waals surface area (Å²) in [5, 5.41) is 8.54. The zero-order chi connectivity index (χ0) is 17.6. The normalized spacial score (nSPS) is 10.9. The molecule has 0 saturated heterocycles. The van der Waals surface area contributed by atoms with Crippen molar-refractivity contribution < 1.29 is 27.8 Å². The summed E-state index contributed by atoms with van der Waals surface area (Å²) in [5.74, 6) is -0.179. The maximum atomic E-state index is 12.3. The van der Waals surface area contributed by atoms with Gasteiger partial charge in [-0.15, -0.1) is 0 Å². The fourth-order valence-corrected chi connectivity index (χ4v) is 2.92. The highest BCUT2D eigenvalue weighted by Gasteiger charge is 2.14. The van der Waals surface area contributed by atoms with Crippen molar-refractivity contribution in [3.8, 4) is 11.5 Å². The first kappa shape index (κ1) is 17.6. The molecule has 0 amide bonds. The lowest BCUT2D eigenvalue weighted by Crippen LogP contribution is -2.13. The average molecular weight is 351 g/mol. The van der Waals surface area contributed by atoms with Crippen molar-refractivity contribution in [1.29, 1.82) is 0 Å². The van der Waals surface area contributed by atoms with Crippen molar-refractivity contribution in [2.45, 2.75) is 11.8 Å². The molecule has 0 aliphatic carbocycles. The fraction of sp³-hybridized carbons (Fsp3) is 0.188. The van der Waals surface area contributed by atoms with E-state index in [1.807, 2.05) is 6.92 Å². The van der Waals surface area contributed by atoms with Crippen LogP contribution in [0.2, 0.25) is 0 Å². The first-order valence-electron chi connectivity index (χ1n) is 7.11. The van der Waals surface area contributed by atoms with E-state index in [9.17, 15) is 13.2 Å². The van der Waals surface area contributed by atoms with E-state index in [-0.39, 0.29) is 10.6 Å². The third kappa shape index (κ3) is 4.88. The first-order valence-corrected chi connectivity index (χ1v) is 8.59. The Balaban J connectivity index is 2.07. The van der Waals surface area contributed by atoms with Crippen molar-refractivity contribution in [1.82, 2.24) is 0 Å². The lowest BCUT2D eigenvalue weighted by Gasteiger charge is -2.10. The number of benzene rings is 2. The summed E-state index contributed by atoms with van der Waals surface area (Å²) in [6.45, 7) is 1.90. The number of nitrogens with one attached hydrogen (secondary N) is 1. The third-order valence-electron chi connectivity index (χ3n) is 2.91. The molecule has 0 bridgehead atoms. The van der Waals surface area contributed by atoms with Crippen molar-refractivity contribution in [2.24, 2.45) is 0 Å². The third-order valence-corrected chi connectivity index (χ3v) is 4.31. The van der Waals surface area contributed by atoms with Gasteiger partial charge < -0.3 is 14.6 Å². The van der Waals surface area contributed by atoms with Crippen molar-refractivity contribution in [2.75, 3.05) is 17.9 Å². The molecule has 0 radical (unpaired) electrons. The predicted octanol–water partition coefficient (Wildman–Crippen LogP) is 2.35. The summed E-state index contributed by atoms with van der Waals surface area (Å²) in [6, 6.07) is 12.0. The Morgan fingerprint density at radius 1 is 1.00 bits per heavy atom. The van der Waals surface area contributed by atoms with Crippen LogP contribution in [0.25, 0.3) is 0 Å². The molecule has 7 nitrogen and oxygen atoms in total. The van der Waals surface area contributed by atoms with Crippen molar-refractivity contribution in [3.63, 3.8) is 0 Å². The smallest absolute Gasteiger partial charge is 0.341 e.